The first kappa shape index (κ1) is 10.9. The van der Waals surface area contributed by atoms with Crippen molar-refractivity contribution in [1.29, 1.82) is 0 Å². The number of hydrogen-bond donors (Lipinski definition) is 0. The van der Waals surface area contributed by atoms with Crippen LogP contribution < -0.4 is 0 Å². The number of rotatable bonds is 2. The lowest BCUT2D eigenvalue weighted by atomic mass is 10.1. The topological polar surface area (TPSA) is 30.7 Å². The molecule has 0 fully saturated rings. The van der Waals surface area contributed by atoms with Gasteiger partial charge in [0.25, 0.3) is 0 Å². The van der Waals surface area contributed by atoms with E-state index in [0.717, 1.165) is 24.4 Å². The van der Waals surface area contributed by atoms with Gasteiger partial charge in [-0.15, -0.1) is 11.3 Å². The van der Waals surface area contributed by atoms with Crippen LogP contribution >= 0.6 is 11.3 Å². The number of nitrogens with zero attached hydrogens (tertiary/aromatic N) is 3. The minimum atomic E-state index is 0.966. The molecule has 94 valence electrons. The van der Waals surface area contributed by atoms with Crippen LogP contribution in [-0.4, -0.2) is 14.8 Å². The maximum Gasteiger partial charge on any atom is 0.120 e. The second kappa shape index (κ2) is 4.31. The molecule has 1 aliphatic rings. The Morgan fingerprint density at radius 2 is 2.16 bits per heavy atom. The highest BCUT2D eigenvalue weighted by molar-refractivity contribution is 7.13. The molecule has 0 atom stereocenters. The third kappa shape index (κ3) is 1.71. The summed E-state index contributed by atoms with van der Waals surface area (Å²) in [6.07, 6.45) is 4.15. The summed E-state index contributed by atoms with van der Waals surface area (Å²) < 4.78 is 2.15. The molecule has 0 N–H and O–H groups in total. The maximum absolute atomic E-state index is 4.78. The van der Waals surface area contributed by atoms with E-state index in [-0.39, 0.29) is 0 Å². The molecule has 4 rings (SSSR count). The van der Waals surface area contributed by atoms with Gasteiger partial charge in [0.15, 0.2) is 0 Å². The Balaban J connectivity index is 1.97. The van der Waals surface area contributed by atoms with Gasteiger partial charge in [0, 0.05) is 28.9 Å². The quantitative estimate of drug-likeness (QED) is 0.710. The van der Waals surface area contributed by atoms with E-state index in [1.807, 2.05) is 24.4 Å². The average molecular weight is 267 g/mol. The van der Waals surface area contributed by atoms with Crippen molar-refractivity contribution in [3.8, 4) is 21.8 Å². The largest absolute Gasteiger partial charge is 0.268 e. The molecule has 0 radical (unpaired) electrons. The first-order valence-corrected chi connectivity index (χ1v) is 7.36. The third-order valence-corrected chi connectivity index (χ3v) is 4.40. The van der Waals surface area contributed by atoms with E-state index in [1.54, 1.807) is 11.3 Å². The van der Waals surface area contributed by atoms with Crippen LogP contribution in [0.3, 0.4) is 0 Å². The van der Waals surface area contributed by atoms with Crippen molar-refractivity contribution in [1.82, 2.24) is 14.8 Å². The molecule has 0 aromatic carbocycles. The summed E-state index contributed by atoms with van der Waals surface area (Å²) in [5, 5.41) is 6.90. The van der Waals surface area contributed by atoms with Crippen LogP contribution in [0.4, 0.5) is 0 Å². The molecule has 0 amide bonds. The van der Waals surface area contributed by atoms with Crippen molar-refractivity contribution in [3.63, 3.8) is 0 Å². The summed E-state index contributed by atoms with van der Waals surface area (Å²) >= 11 is 1.77. The summed E-state index contributed by atoms with van der Waals surface area (Å²) in [5.74, 6) is 0. The Labute approximate surface area is 115 Å². The Kier molecular flexibility index (Phi) is 2.48. The van der Waals surface area contributed by atoms with Crippen molar-refractivity contribution < 1.29 is 0 Å². The Morgan fingerprint density at radius 3 is 2.95 bits per heavy atom. The summed E-state index contributed by atoms with van der Waals surface area (Å²) in [4.78, 5) is 5.76. The van der Waals surface area contributed by atoms with Gasteiger partial charge in [0.2, 0.25) is 0 Å². The second-order valence-corrected chi connectivity index (χ2v) is 5.64. The molecule has 3 aromatic heterocycles. The molecule has 0 bridgehead atoms. The molecular weight excluding hydrogens is 254 g/mol. The number of thiophene rings is 1. The molecule has 3 aromatic rings. The lowest BCUT2D eigenvalue weighted by molar-refractivity contribution is 0.658. The highest BCUT2D eigenvalue weighted by Gasteiger charge is 2.24. The van der Waals surface area contributed by atoms with Crippen molar-refractivity contribution in [3.05, 3.63) is 47.6 Å². The zero-order chi connectivity index (χ0) is 12.7. The van der Waals surface area contributed by atoms with Gasteiger partial charge in [0.1, 0.15) is 5.69 Å². The predicted octanol–water partition coefficient (Wildman–Crippen LogP) is 3.62. The first-order chi connectivity index (χ1) is 9.43. The Bertz CT molecular complexity index is 699. The fraction of sp³-hybridized carbons (Fsp3) is 0.200. The normalized spacial score (nSPS) is 13.7. The molecule has 4 heteroatoms. The van der Waals surface area contributed by atoms with Crippen molar-refractivity contribution in [2.75, 3.05) is 0 Å². The van der Waals surface area contributed by atoms with Gasteiger partial charge in [-0.2, -0.15) is 5.10 Å². The molecule has 0 saturated carbocycles. The lowest BCUT2D eigenvalue weighted by Crippen LogP contribution is -1.94. The summed E-state index contributed by atoms with van der Waals surface area (Å²) in [6.45, 7) is 1.03. The number of fused-ring (bicyclic) bond motifs is 1. The number of aryl methyl sites for hydroxylation is 1. The van der Waals surface area contributed by atoms with E-state index >= 15 is 0 Å². The highest BCUT2D eigenvalue weighted by Crippen LogP contribution is 2.38. The number of pyridine rings is 1. The molecule has 0 aliphatic carbocycles. The Hall–Kier alpha value is -1.94. The summed E-state index contributed by atoms with van der Waals surface area (Å²) in [7, 11) is 0. The summed E-state index contributed by atoms with van der Waals surface area (Å²) in [6, 6.07) is 10.3. The SMILES string of the molecule is c1ccc(-c2nn3c(c2-c2cccs2)CCC3)nc1. The number of aromatic nitrogens is 3. The van der Waals surface area contributed by atoms with Crippen LogP contribution in [0.1, 0.15) is 12.1 Å². The molecule has 3 nitrogen and oxygen atoms in total. The molecule has 4 heterocycles. The minimum absolute atomic E-state index is 0.966. The van der Waals surface area contributed by atoms with Gasteiger partial charge in [-0.1, -0.05) is 12.1 Å². The van der Waals surface area contributed by atoms with Gasteiger partial charge < -0.3 is 0 Å². The average Bonchev–Trinajstić information content (AvgIpc) is 3.15. The second-order valence-electron chi connectivity index (χ2n) is 4.69. The van der Waals surface area contributed by atoms with E-state index < -0.39 is 0 Å². The molecule has 0 spiro atoms. The molecule has 1 aliphatic heterocycles. The zero-order valence-corrected chi connectivity index (χ0v) is 11.2. The van der Waals surface area contributed by atoms with Crippen molar-refractivity contribution >= 4 is 11.3 Å². The van der Waals surface area contributed by atoms with Gasteiger partial charge in [0.05, 0.1) is 5.69 Å². The standard InChI is InChI=1S/C15H13N3S/c1-2-8-16-11(5-1)15-14(13-7-4-10-19-13)12-6-3-9-18(12)17-15/h1-2,4-5,7-8,10H,3,6,9H2. The van der Waals surface area contributed by atoms with Crippen LogP contribution in [-0.2, 0) is 13.0 Å². The van der Waals surface area contributed by atoms with Crippen LogP contribution in [0.15, 0.2) is 41.9 Å². The van der Waals surface area contributed by atoms with E-state index in [2.05, 4.69) is 27.2 Å². The fourth-order valence-corrected chi connectivity index (χ4v) is 3.49. The Morgan fingerprint density at radius 1 is 1.16 bits per heavy atom. The van der Waals surface area contributed by atoms with Gasteiger partial charge in [-0.3, -0.25) is 9.67 Å². The van der Waals surface area contributed by atoms with Crippen LogP contribution in [0.5, 0.6) is 0 Å². The number of hydrogen-bond acceptors (Lipinski definition) is 3. The van der Waals surface area contributed by atoms with Crippen LogP contribution in [0.2, 0.25) is 0 Å². The van der Waals surface area contributed by atoms with Crippen molar-refractivity contribution in [2.24, 2.45) is 0 Å². The van der Waals surface area contributed by atoms with E-state index in [9.17, 15) is 0 Å². The molecule has 0 saturated heterocycles. The summed E-state index contributed by atoms with van der Waals surface area (Å²) in [5.41, 5.74) is 4.64. The van der Waals surface area contributed by atoms with E-state index in [1.165, 1.54) is 22.6 Å². The van der Waals surface area contributed by atoms with Crippen molar-refractivity contribution in [2.45, 2.75) is 19.4 Å². The zero-order valence-electron chi connectivity index (χ0n) is 10.4. The van der Waals surface area contributed by atoms with Crippen LogP contribution in [0, 0.1) is 0 Å². The van der Waals surface area contributed by atoms with E-state index in [0.29, 0.717) is 0 Å². The highest BCUT2D eigenvalue weighted by atomic mass is 32.1. The van der Waals surface area contributed by atoms with Gasteiger partial charge >= 0.3 is 0 Å². The lowest BCUT2D eigenvalue weighted by Gasteiger charge is -2.01. The first-order valence-electron chi connectivity index (χ1n) is 6.48. The molecular formula is C15H13N3S. The maximum atomic E-state index is 4.78. The fourth-order valence-electron chi connectivity index (χ4n) is 2.69. The van der Waals surface area contributed by atoms with Crippen LogP contribution in [0.25, 0.3) is 21.8 Å². The monoisotopic (exact) mass is 267 g/mol. The van der Waals surface area contributed by atoms with E-state index in [4.69, 9.17) is 5.10 Å². The molecule has 0 unspecified atom stereocenters. The van der Waals surface area contributed by atoms with Gasteiger partial charge in [-0.05, 0) is 36.4 Å². The van der Waals surface area contributed by atoms with Gasteiger partial charge in [-0.25, -0.2) is 0 Å². The molecule has 19 heavy (non-hydrogen) atoms. The smallest absolute Gasteiger partial charge is 0.120 e. The third-order valence-electron chi connectivity index (χ3n) is 3.52. The minimum Gasteiger partial charge on any atom is -0.268 e. The predicted molar refractivity (Wildman–Crippen MR) is 77.1 cm³/mol.